The van der Waals surface area contributed by atoms with Crippen LogP contribution in [-0.2, 0) is 14.3 Å². The number of benzene rings is 2. The molecule has 8 heteroatoms. The number of ether oxygens (including phenoxy) is 1. The van der Waals surface area contributed by atoms with Crippen LogP contribution in [0, 0.1) is 5.82 Å². The third-order valence-electron chi connectivity index (χ3n) is 5.59. The molecule has 0 fully saturated rings. The monoisotopic (exact) mass is 465 g/mol. The fourth-order valence-corrected chi connectivity index (χ4v) is 4.98. The fourth-order valence-electron chi connectivity index (χ4n) is 4.01. The third kappa shape index (κ3) is 4.71. The van der Waals surface area contributed by atoms with E-state index in [2.05, 4.69) is 10.3 Å². The van der Waals surface area contributed by atoms with Gasteiger partial charge in [-0.2, -0.15) is 0 Å². The van der Waals surface area contributed by atoms with Crippen molar-refractivity contribution in [1.29, 1.82) is 0 Å². The van der Waals surface area contributed by atoms with Crippen LogP contribution in [-0.4, -0.2) is 29.1 Å². The van der Waals surface area contributed by atoms with Crippen molar-refractivity contribution in [2.24, 2.45) is 4.99 Å². The van der Waals surface area contributed by atoms with E-state index in [9.17, 15) is 14.0 Å². The molecular weight excluding hydrogens is 441 g/mol. The van der Waals surface area contributed by atoms with Gasteiger partial charge in [0.15, 0.2) is 5.17 Å². The zero-order chi connectivity index (χ0) is 23.5. The number of hydrogen-bond acceptors (Lipinski definition) is 6. The third-order valence-corrected chi connectivity index (χ3v) is 6.48. The number of rotatable bonds is 6. The second-order valence-electron chi connectivity index (χ2n) is 7.82. The zero-order valence-corrected chi connectivity index (χ0v) is 19.4. The van der Waals surface area contributed by atoms with Crippen LogP contribution in [0.25, 0.3) is 0 Å². The number of thioether (sulfide) groups is 1. The van der Waals surface area contributed by atoms with E-state index in [1.165, 1.54) is 31.0 Å². The number of fused-ring (bicyclic) bond motifs is 1. The van der Waals surface area contributed by atoms with E-state index in [1.54, 1.807) is 19.1 Å². The molecule has 0 aliphatic carbocycles. The number of allylic oxidation sites excluding steroid dienone is 1. The molecule has 0 bridgehead atoms. The summed E-state index contributed by atoms with van der Waals surface area (Å²) in [6, 6.07) is 15.0. The number of methoxy groups -OCH3 is 1. The Hall–Kier alpha value is -3.39. The first-order chi connectivity index (χ1) is 15.9. The SMILES string of the molecule is COC(=O)C1=C(C)N=C2SC=C(CC(=O)NC(C)c3ccccc3)N2C1c1cccc(F)c1. The lowest BCUT2D eigenvalue weighted by atomic mass is 9.93. The molecule has 1 amide bonds. The lowest BCUT2D eigenvalue weighted by Gasteiger charge is -2.36. The number of carbonyl (C=O) groups is 2. The quantitative estimate of drug-likeness (QED) is 0.618. The molecule has 0 saturated carbocycles. The van der Waals surface area contributed by atoms with Gasteiger partial charge in [0.05, 0.1) is 36.9 Å². The highest BCUT2D eigenvalue weighted by molar-refractivity contribution is 8.16. The topological polar surface area (TPSA) is 71.0 Å². The van der Waals surface area contributed by atoms with E-state index in [1.807, 2.05) is 47.6 Å². The first-order valence-electron chi connectivity index (χ1n) is 10.5. The summed E-state index contributed by atoms with van der Waals surface area (Å²) < 4.78 is 19.1. The number of carbonyl (C=O) groups excluding carboxylic acids is 2. The highest BCUT2D eigenvalue weighted by Gasteiger charge is 2.41. The van der Waals surface area contributed by atoms with Crippen LogP contribution < -0.4 is 5.32 Å². The molecule has 0 saturated heterocycles. The molecular formula is C25H24FN3O3S. The summed E-state index contributed by atoms with van der Waals surface area (Å²) in [7, 11) is 1.30. The van der Waals surface area contributed by atoms with Gasteiger partial charge in [0.2, 0.25) is 5.91 Å². The average Bonchev–Trinajstić information content (AvgIpc) is 3.19. The summed E-state index contributed by atoms with van der Waals surface area (Å²) in [6.45, 7) is 3.66. The number of aliphatic imine (C=N–C) groups is 1. The highest BCUT2D eigenvalue weighted by Crippen LogP contribution is 2.44. The van der Waals surface area contributed by atoms with Crippen molar-refractivity contribution in [1.82, 2.24) is 10.2 Å². The smallest absolute Gasteiger partial charge is 0.338 e. The van der Waals surface area contributed by atoms with Gasteiger partial charge in [-0.1, -0.05) is 54.2 Å². The summed E-state index contributed by atoms with van der Waals surface area (Å²) in [5.74, 6) is -1.11. The second kappa shape index (κ2) is 9.62. The maximum atomic E-state index is 14.1. The summed E-state index contributed by atoms with van der Waals surface area (Å²) in [5, 5.41) is 5.50. The summed E-state index contributed by atoms with van der Waals surface area (Å²) in [6.07, 6.45) is 0.0858. The predicted molar refractivity (Wildman–Crippen MR) is 126 cm³/mol. The zero-order valence-electron chi connectivity index (χ0n) is 18.5. The number of amidine groups is 1. The summed E-state index contributed by atoms with van der Waals surface area (Å²) in [5.41, 5.74) is 3.09. The normalized spacial score (nSPS) is 18.3. The van der Waals surface area contributed by atoms with Gasteiger partial charge in [0, 0.05) is 5.70 Å². The molecule has 33 heavy (non-hydrogen) atoms. The standard InChI is InChI=1S/C25H24FN3O3S/c1-15(17-8-5-4-6-9-17)27-21(30)13-20-14-33-25-28-16(2)22(24(31)32-3)23(29(20)25)18-10-7-11-19(26)12-18/h4-12,14-15,23H,13H2,1-3H3,(H,27,30). The molecule has 2 atom stereocenters. The molecule has 2 aliphatic heterocycles. The van der Waals surface area contributed by atoms with Gasteiger partial charge in [-0.25, -0.2) is 14.2 Å². The first kappa shape index (κ1) is 22.8. The Morgan fingerprint density at radius 1 is 1.21 bits per heavy atom. The molecule has 2 aliphatic rings. The van der Waals surface area contributed by atoms with Crippen LogP contribution in [0.5, 0.6) is 0 Å². The number of esters is 1. The van der Waals surface area contributed by atoms with E-state index >= 15 is 0 Å². The minimum Gasteiger partial charge on any atom is -0.466 e. The molecule has 2 aromatic rings. The van der Waals surface area contributed by atoms with Gasteiger partial charge in [0.1, 0.15) is 5.82 Å². The molecule has 0 spiro atoms. The Morgan fingerprint density at radius 2 is 1.97 bits per heavy atom. The van der Waals surface area contributed by atoms with Gasteiger partial charge in [-0.3, -0.25) is 4.79 Å². The number of nitrogens with one attached hydrogen (secondary N) is 1. The van der Waals surface area contributed by atoms with Gasteiger partial charge in [-0.05, 0) is 42.5 Å². The Balaban J connectivity index is 1.62. The molecule has 170 valence electrons. The van der Waals surface area contributed by atoms with Crippen LogP contribution in [0.3, 0.4) is 0 Å². The van der Waals surface area contributed by atoms with E-state index in [4.69, 9.17) is 4.74 Å². The molecule has 0 aromatic heterocycles. The number of nitrogens with zero attached hydrogens (tertiary/aromatic N) is 2. The van der Waals surface area contributed by atoms with Crippen molar-refractivity contribution < 1.29 is 18.7 Å². The Morgan fingerprint density at radius 3 is 2.67 bits per heavy atom. The van der Waals surface area contributed by atoms with Gasteiger partial charge in [-0.15, -0.1) is 0 Å². The highest BCUT2D eigenvalue weighted by atomic mass is 32.2. The van der Waals surface area contributed by atoms with E-state index in [0.29, 0.717) is 27.7 Å². The molecule has 2 aromatic carbocycles. The van der Waals surface area contributed by atoms with E-state index in [0.717, 1.165) is 5.56 Å². The lowest BCUT2D eigenvalue weighted by Crippen LogP contribution is -2.38. The summed E-state index contributed by atoms with van der Waals surface area (Å²) in [4.78, 5) is 32.0. The average molecular weight is 466 g/mol. The lowest BCUT2D eigenvalue weighted by molar-refractivity contribution is -0.136. The first-order valence-corrected chi connectivity index (χ1v) is 11.4. The van der Waals surface area contributed by atoms with Crippen molar-refractivity contribution in [3.8, 4) is 0 Å². The largest absolute Gasteiger partial charge is 0.466 e. The molecule has 0 radical (unpaired) electrons. The summed E-state index contributed by atoms with van der Waals surface area (Å²) >= 11 is 1.37. The maximum Gasteiger partial charge on any atom is 0.338 e. The van der Waals surface area contributed by atoms with Crippen LogP contribution in [0.4, 0.5) is 4.39 Å². The van der Waals surface area contributed by atoms with Crippen molar-refractivity contribution in [2.45, 2.75) is 32.4 Å². The van der Waals surface area contributed by atoms with Gasteiger partial charge in [0.25, 0.3) is 0 Å². The van der Waals surface area contributed by atoms with Crippen molar-refractivity contribution in [3.63, 3.8) is 0 Å². The van der Waals surface area contributed by atoms with Gasteiger partial charge < -0.3 is 15.0 Å². The van der Waals surface area contributed by atoms with E-state index in [-0.39, 0.29) is 18.4 Å². The minimum atomic E-state index is -0.652. The molecule has 1 N–H and O–H groups in total. The maximum absolute atomic E-state index is 14.1. The Bertz CT molecular complexity index is 1180. The van der Waals surface area contributed by atoms with E-state index < -0.39 is 17.8 Å². The molecule has 2 heterocycles. The Labute approximate surface area is 196 Å². The van der Waals surface area contributed by atoms with Crippen LogP contribution in [0.1, 0.15) is 43.5 Å². The van der Waals surface area contributed by atoms with Crippen molar-refractivity contribution in [3.05, 3.63) is 93.9 Å². The van der Waals surface area contributed by atoms with Crippen molar-refractivity contribution >= 4 is 28.8 Å². The number of hydrogen-bond donors (Lipinski definition) is 1. The molecule has 4 rings (SSSR count). The predicted octanol–water partition coefficient (Wildman–Crippen LogP) is 4.84. The Kier molecular flexibility index (Phi) is 6.65. The number of amides is 1. The molecule has 2 unspecified atom stereocenters. The van der Waals surface area contributed by atoms with Gasteiger partial charge >= 0.3 is 5.97 Å². The van der Waals surface area contributed by atoms with Crippen molar-refractivity contribution in [2.75, 3.05) is 7.11 Å². The van der Waals surface area contributed by atoms with Crippen LogP contribution in [0.2, 0.25) is 0 Å². The minimum absolute atomic E-state index is 0.0858. The van der Waals surface area contributed by atoms with Crippen LogP contribution in [0.15, 0.2) is 82.0 Å². The number of halogens is 1. The molecule has 6 nitrogen and oxygen atoms in total. The fraction of sp³-hybridized carbons (Fsp3) is 0.240. The van der Waals surface area contributed by atoms with Crippen LogP contribution >= 0.6 is 11.8 Å². The second-order valence-corrected chi connectivity index (χ2v) is 8.65.